The number of halogens is 1. The molecule has 1 aromatic heterocycles. The summed E-state index contributed by atoms with van der Waals surface area (Å²) in [5.74, 6) is -0.549. The standard InChI is InChI=1S/C17H21ClN2O2/c1-10(2)8-14-15(17(21)22)16(11(3)4)20(19-14)13-7-5-6-12(18)9-13/h5-7,9-11H,8H2,1-4H3,(H,21,22). The van der Waals surface area contributed by atoms with Crippen LogP contribution in [0.5, 0.6) is 0 Å². The molecule has 0 saturated carbocycles. The van der Waals surface area contributed by atoms with Crippen molar-refractivity contribution in [2.45, 2.75) is 40.0 Å². The molecule has 1 N–H and O–H groups in total. The number of carboxylic acids is 1. The Kier molecular flexibility index (Phi) is 4.91. The van der Waals surface area contributed by atoms with Gasteiger partial charge in [-0.25, -0.2) is 9.48 Å². The summed E-state index contributed by atoms with van der Waals surface area (Å²) >= 11 is 6.06. The van der Waals surface area contributed by atoms with Crippen LogP contribution in [0.3, 0.4) is 0 Å². The summed E-state index contributed by atoms with van der Waals surface area (Å²) in [5, 5.41) is 14.8. The van der Waals surface area contributed by atoms with Gasteiger partial charge in [-0.2, -0.15) is 5.10 Å². The van der Waals surface area contributed by atoms with Crippen LogP contribution in [0.25, 0.3) is 5.69 Å². The minimum atomic E-state index is -0.923. The van der Waals surface area contributed by atoms with E-state index in [-0.39, 0.29) is 5.92 Å². The van der Waals surface area contributed by atoms with Crippen molar-refractivity contribution in [2.75, 3.05) is 0 Å². The van der Waals surface area contributed by atoms with E-state index in [1.54, 1.807) is 16.8 Å². The molecular formula is C17H21ClN2O2. The molecule has 0 amide bonds. The smallest absolute Gasteiger partial charge is 0.339 e. The lowest BCUT2D eigenvalue weighted by molar-refractivity contribution is 0.0694. The number of aromatic nitrogens is 2. The Morgan fingerprint density at radius 2 is 2.00 bits per heavy atom. The summed E-state index contributed by atoms with van der Waals surface area (Å²) in [6, 6.07) is 7.31. The van der Waals surface area contributed by atoms with Crippen molar-refractivity contribution in [1.82, 2.24) is 9.78 Å². The Morgan fingerprint density at radius 1 is 1.32 bits per heavy atom. The molecule has 0 aliphatic heterocycles. The van der Waals surface area contributed by atoms with Crippen molar-refractivity contribution in [1.29, 1.82) is 0 Å². The molecule has 0 aliphatic rings. The van der Waals surface area contributed by atoms with E-state index in [0.29, 0.717) is 34.3 Å². The van der Waals surface area contributed by atoms with Crippen LogP contribution in [0.2, 0.25) is 5.02 Å². The van der Waals surface area contributed by atoms with E-state index in [1.807, 2.05) is 26.0 Å². The van der Waals surface area contributed by atoms with Gasteiger partial charge in [0.1, 0.15) is 5.56 Å². The normalized spacial score (nSPS) is 11.4. The van der Waals surface area contributed by atoms with Gasteiger partial charge in [0.25, 0.3) is 0 Å². The highest BCUT2D eigenvalue weighted by molar-refractivity contribution is 6.30. The zero-order valence-corrected chi connectivity index (χ0v) is 14.1. The van der Waals surface area contributed by atoms with Crippen molar-refractivity contribution in [2.24, 2.45) is 5.92 Å². The van der Waals surface area contributed by atoms with Crippen LogP contribution in [0.4, 0.5) is 0 Å². The molecular weight excluding hydrogens is 300 g/mol. The fraction of sp³-hybridized carbons (Fsp3) is 0.412. The van der Waals surface area contributed by atoms with E-state index in [0.717, 1.165) is 5.69 Å². The van der Waals surface area contributed by atoms with Gasteiger partial charge in [0, 0.05) is 5.02 Å². The summed E-state index contributed by atoms with van der Waals surface area (Å²) in [7, 11) is 0. The van der Waals surface area contributed by atoms with E-state index < -0.39 is 5.97 Å². The van der Waals surface area contributed by atoms with Crippen LogP contribution < -0.4 is 0 Å². The molecule has 2 aromatic rings. The lowest BCUT2D eigenvalue weighted by Gasteiger charge is -2.11. The molecule has 4 nitrogen and oxygen atoms in total. The first kappa shape index (κ1) is 16.6. The summed E-state index contributed by atoms with van der Waals surface area (Å²) < 4.78 is 1.72. The van der Waals surface area contributed by atoms with E-state index >= 15 is 0 Å². The zero-order chi connectivity index (χ0) is 16.4. The van der Waals surface area contributed by atoms with Crippen LogP contribution in [0, 0.1) is 5.92 Å². The Bertz CT molecular complexity index is 690. The Morgan fingerprint density at radius 3 is 2.50 bits per heavy atom. The Labute approximate surface area is 135 Å². The maximum absolute atomic E-state index is 11.8. The number of nitrogens with zero attached hydrogens (tertiary/aromatic N) is 2. The van der Waals surface area contributed by atoms with Crippen molar-refractivity contribution in [3.8, 4) is 5.69 Å². The Balaban J connectivity index is 2.70. The van der Waals surface area contributed by atoms with Gasteiger partial charge in [-0.3, -0.25) is 0 Å². The third kappa shape index (κ3) is 3.33. The molecule has 0 radical (unpaired) electrons. The van der Waals surface area contributed by atoms with Gasteiger partial charge in [-0.05, 0) is 36.5 Å². The minimum Gasteiger partial charge on any atom is -0.478 e. The topological polar surface area (TPSA) is 55.1 Å². The molecule has 1 aromatic carbocycles. The number of hydrogen-bond acceptors (Lipinski definition) is 2. The van der Waals surface area contributed by atoms with Gasteiger partial charge in [0.15, 0.2) is 0 Å². The summed E-state index contributed by atoms with van der Waals surface area (Å²) in [6.07, 6.45) is 0.634. The highest BCUT2D eigenvalue weighted by Gasteiger charge is 2.26. The fourth-order valence-electron chi connectivity index (χ4n) is 2.58. The highest BCUT2D eigenvalue weighted by atomic mass is 35.5. The minimum absolute atomic E-state index is 0.0403. The molecule has 0 bridgehead atoms. The molecule has 2 rings (SSSR count). The SMILES string of the molecule is CC(C)Cc1nn(-c2cccc(Cl)c2)c(C(C)C)c1C(=O)O. The van der Waals surface area contributed by atoms with E-state index in [9.17, 15) is 9.90 Å². The lowest BCUT2D eigenvalue weighted by atomic mass is 9.99. The predicted molar refractivity (Wildman–Crippen MR) is 88.2 cm³/mol. The Hall–Kier alpha value is -1.81. The van der Waals surface area contributed by atoms with Gasteiger partial charge in [0.2, 0.25) is 0 Å². The predicted octanol–water partition coefficient (Wildman–Crippen LogP) is 4.55. The molecule has 0 unspecified atom stereocenters. The number of rotatable bonds is 5. The number of carboxylic acid groups (broad SMARTS) is 1. The summed E-state index contributed by atoms with van der Waals surface area (Å²) in [6.45, 7) is 8.06. The third-order valence-electron chi connectivity index (χ3n) is 3.41. The lowest BCUT2D eigenvalue weighted by Crippen LogP contribution is -2.09. The molecule has 22 heavy (non-hydrogen) atoms. The quantitative estimate of drug-likeness (QED) is 0.879. The number of hydrogen-bond donors (Lipinski definition) is 1. The molecule has 0 spiro atoms. The molecule has 118 valence electrons. The van der Waals surface area contributed by atoms with Crippen LogP contribution in [-0.2, 0) is 6.42 Å². The van der Waals surface area contributed by atoms with Gasteiger partial charge < -0.3 is 5.11 Å². The van der Waals surface area contributed by atoms with E-state index in [1.165, 1.54) is 0 Å². The van der Waals surface area contributed by atoms with Crippen LogP contribution in [-0.4, -0.2) is 20.9 Å². The second-order valence-corrected chi connectivity index (χ2v) is 6.59. The zero-order valence-electron chi connectivity index (χ0n) is 13.3. The average Bonchev–Trinajstić information content (AvgIpc) is 2.77. The summed E-state index contributed by atoms with van der Waals surface area (Å²) in [4.78, 5) is 11.8. The monoisotopic (exact) mass is 320 g/mol. The van der Waals surface area contributed by atoms with E-state index in [4.69, 9.17) is 11.6 Å². The van der Waals surface area contributed by atoms with Gasteiger partial charge >= 0.3 is 5.97 Å². The van der Waals surface area contributed by atoms with Crippen molar-refractivity contribution < 1.29 is 9.90 Å². The number of aromatic carboxylic acids is 1. The third-order valence-corrected chi connectivity index (χ3v) is 3.64. The first-order chi connectivity index (χ1) is 10.3. The number of carbonyl (C=O) groups is 1. The molecule has 1 heterocycles. The summed E-state index contributed by atoms with van der Waals surface area (Å²) in [5.41, 5.74) is 2.45. The molecule has 0 aliphatic carbocycles. The van der Waals surface area contributed by atoms with Crippen molar-refractivity contribution >= 4 is 17.6 Å². The fourth-order valence-corrected chi connectivity index (χ4v) is 2.76. The first-order valence-electron chi connectivity index (χ1n) is 7.42. The van der Waals surface area contributed by atoms with Crippen LogP contribution >= 0.6 is 11.6 Å². The van der Waals surface area contributed by atoms with Gasteiger partial charge in [0.05, 0.1) is 17.1 Å². The number of benzene rings is 1. The first-order valence-corrected chi connectivity index (χ1v) is 7.80. The van der Waals surface area contributed by atoms with Crippen molar-refractivity contribution in [3.05, 3.63) is 46.2 Å². The van der Waals surface area contributed by atoms with Crippen molar-refractivity contribution in [3.63, 3.8) is 0 Å². The highest BCUT2D eigenvalue weighted by Crippen LogP contribution is 2.28. The average molecular weight is 321 g/mol. The van der Waals surface area contributed by atoms with E-state index in [2.05, 4.69) is 18.9 Å². The second kappa shape index (κ2) is 6.53. The maximum atomic E-state index is 11.8. The maximum Gasteiger partial charge on any atom is 0.339 e. The van der Waals surface area contributed by atoms with Crippen LogP contribution in [0.1, 0.15) is 55.4 Å². The largest absolute Gasteiger partial charge is 0.478 e. The van der Waals surface area contributed by atoms with Gasteiger partial charge in [-0.15, -0.1) is 0 Å². The molecule has 0 atom stereocenters. The molecule has 0 fully saturated rings. The van der Waals surface area contributed by atoms with Crippen LogP contribution in [0.15, 0.2) is 24.3 Å². The molecule has 5 heteroatoms. The molecule has 0 saturated heterocycles. The van der Waals surface area contributed by atoms with Gasteiger partial charge in [-0.1, -0.05) is 45.4 Å². The second-order valence-electron chi connectivity index (χ2n) is 6.16.